The van der Waals surface area contributed by atoms with Crippen molar-refractivity contribution in [2.24, 2.45) is 0 Å². The lowest BCUT2D eigenvalue weighted by Gasteiger charge is -2.35. The SMILES string of the molecule is CCC[C@H](c1ccc(Cl)nc1)N1CCNCC1. The van der Waals surface area contributed by atoms with Crippen LogP contribution in [0, 0.1) is 0 Å². The lowest BCUT2D eigenvalue weighted by molar-refractivity contribution is 0.164. The third kappa shape index (κ3) is 3.41. The first-order valence-electron chi connectivity index (χ1n) is 6.37. The Morgan fingerprint density at radius 3 is 2.76 bits per heavy atom. The molecule has 1 atom stereocenters. The fourth-order valence-electron chi connectivity index (χ4n) is 2.41. The van der Waals surface area contributed by atoms with Gasteiger partial charge in [0.05, 0.1) is 0 Å². The molecule has 2 rings (SSSR count). The van der Waals surface area contributed by atoms with Gasteiger partial charge in [0.15, 0.2) is 0 Å². The summed E-state index contributed by atoms with van der Waals surface area (Å²) in [6.07, 6.45) is 4.30. The molecule has 1 fully saturated rings. The highest BCUT2D eigenvalue weighted by molar-refractivity contribution is 6.29. The van der Waals surface area contributed by atoms with Crippen molar-refractivity contribution in [3.05, 3.63) is 29.0 Å². The molecule has 1 aliphatic rings. The predicted octanol–water partition coefficient (Wildman–Crippen LogP) is 2.48. The number of aromatic nitrogens is 1. The monoisotopic (exact) mass is 253 g/mol. The summed E-state index contributed by atoms with van der Waals surface area (Å²) >= 11 is 5.84. The van der Waals surface area contributed by atoms with Crippen molar-refractivity contribution in [1.29, 1.82) is 0 Å². The number of hydrogen-bond acceptors (Lipinski definition) is 3. The molecule has 0 radical (unpaired) electrons. The van der Waals surface area contributed by atoms with E-state index >= 15 is 0 Å². The Labute approximate surface area is 108 Å². The van der Waals surface area contributed by atoms with Crippen LogP contribution in [0.2, 0.25) is 5.15 Å². The van der Waals surface area contributed by atoms with Gasteiger partial charge in [-0.05, 0) is 18.1 Å². The van der Waals surface area contributed by atoms with Gasteiger partial charge in [-0.1, -0.05) is 31.0 Å². The summed E-state index contributed by atoms with van der Waals surface area (Å²) in [6, 6.07) is 4.49. The van der Waals surface area contributed by atoms with Gasteiger partial charge in [0.2, 0.25) is 0 Å². The van der Waals surface area contributed by atoms with Crippen molar-refractivity contribution in [3.8, 4) is 0 Å². The summed E-state index contributed by atoms with van der Waals surface area (Å²) in [5, 5.41) is 3.97. The molecule has 1 aromatic heterocycles. The molecule has 0 unspecified atom stereocenters. The van der Waals surface area contributed by atoms with E-state index in [1.807, 2.05) is 12.3 Å². The second kappa shape index (κ2) is 6.34. The van der Waals surface area contributed by atoms with Gasteiger partial charge < -0.3 is 5.32 Å². The lowest BCUT2D eigenvalue weighted by atomic mass is 10.0. The molecular weight excluding hydrogens is 234 g/mol. The van der Waals surface area contributed by atoms with Crippen LogP contribution in [-0.2, 0) is 0 Å². The predicted molar refractivity (Wildman–Crippen MR) is 71.3 cm³/mol. The van der Waals surface area contributed by atoms with E-state index in [2.05, 4.69) is 28.2 Å². The number of hydrogen-bond donors (Lipinski definition) is 1. The molecule has 3 nitrogen and oxygen atoms in total. The topological polar surface area (TPSA) is 28.2 Å². The third-order valence-corrected chi connectivity index (χ3v) is 3.51. The van der Waals surface area contributed by atoms with Crippen LogP contribution < -0.4 is 5.32 Å². The van der Waals surface area contributed by atoms with Gasteiger partial charge in [-0.2, -0.15) is 0 Å². The first-order valence-corrected chi connectivity index (χ1v) is 6.75. The van der Waals surface area contributed by atoms with E-state index in [1.165, 1.54) is 18.4 Å². The Morgan fingerprint density at radius 2 is 2.18 bits per heavy atom. The quantitative estimate of drug-likeness (QED) is 0.836. The molecule has 0 aromatic carbocycles. The molecular formula is C13H20ClN3. The molecule has 0 amide bonds. The Hall–Kier alpha value is -0.640. The van der Waals surface area contributed by atoms with Gasteiger partial charge in [-0.3, -0.25) is 4.90 Å². The second-order valence-electron chi connectivity index (χ2n) is 4.50. The van der Waals surface area contributed by atoms with Crippen LogP contribution >= 0.6 is 11.6 Å². The van der Waals surface area contributed by atoms with Crippen LogP contribution in [0.5, 0.6) is 0 Å². The second-order valence-corrected chi connectivity index (χ2v) is 4.89. The standard InChI is InChI=1S/C13H20ClN3/c1-2-3-12(17-8-6-15-7-9-17)11-4-5-13(14)16-10-11/h4-5,10,12,15H,2-3,6-9H2,1H3/t12-/m1/s1. The van der Waals surface area contributed by atoms with Gasteiger partial charge >= 0.3 is 0 Å². The minimum absolute atomic E-state index is 0.492. The van der Waals surface area contributed by atoms with Crippen LogP contribution in [-0.4, -0.2) is 36.1 Å². The fraction of sp³-hybridized carbons (Fsp3) is 0.615. The highest BCUT2D eigenvalue weighted by Gasteiger charge is 2.21. The van der Waals surface area contributed by atoms with Crippen molar-refractivity contribution in [3.63, 3.8) is 0 Å². The van der Waals surface area contributed by atoms with Crippen LogP contribution in [0.3, 0.4) is 0 Å². The molecule has 1 N–H and O–H groups in total. The molecule has 1 aromatic rings. The summed E-state index contributed by atoms with van der Waals surface area (Å²) in [7, 11) is 0. The molecule has 1 saturated heterocycles. The summed E-state index contributed by atoms with van der Waals surface area (Å²) < 4.78 is 0. The van der Waals surface area contributed by atoms with E-state index in [-0.39, 0.29) is 0 Å². The van der Waals surface area contributed by atoms with E-state index in [9.17, 15) is 0 Å². The molecule has 94 valence electrons. The summed E-state index contributed by atoms with van der Waals surface area (Å²) in [5.74, 6) is 0. The molecule has 0 saturated carbocycles. The van der Waals surface area contributed by atoms with Gasteiger partial charge in [-0.25, -0.2) is 4.98 Å². The minimum atomic E-state index is 0.492. The zero-order valence-electron chi connectivity index (χ0n) is 10.3. The minimum Gasteiger partial charge on any atom is -0.314 e. The van der Waals surface area contributed by atoms with Crippen LogP contribution in [0.4, 0.5) is 0 Å². The number of halogens is 1. The molecule has 0 spiro atoms. The van der Waals surface area contributed by atoms with E-state index < -0.39 is 0 Å². The maximum atomic E-state index is 5.84. The van der Waals surface area contributed by atoms with E-state index in [0.29, 0.717) is 11.2 Å². The highest BCUT2D eigenvalue weighted by Crippen LogP contribution is 2.26. The smallest absolute Gasteiger partial charge is 0.129 e. The molecule has 0 aliphatic carbocycles. The van der Waals surface area contributed by atoms with Crippen LogP contribution in [0.25, 0.3) is 0 Å². The van der Waals surface area contributed by atoms with E-state index in [4.69, 9.17) is 11.6 Å². The van der Waals surface area contributed by atoms with Gasteiger partial charge in [-0.15, -0.1) is 0 Å². The van der Waals surface area contributed by atoms with Crippen molar-refractivity contribution in [1.82, 2.24) is 15.2 Å². The number of piperazine rings is 1. The summed E-state index contributed by atoms with van der Waals surface area (Å²) in [5.41, 5.74) is 1.29. The number of nitrogens with zero attached hydrogens (tertiary/aromatic N) is 2. The average molecular weight is 254 g/mol. The highest BCUT2D eigenvalue weighted by atomic mass is 35.5. The fourth-order valence-corrected chi connectivity index (χ4v) is 2.52. The maximum Gasteiger partial charge on any atom is 0.129 e. The summed E-state index contributed by atoms with van der Waals surface area (Å²) in [6.45, 7) is 6.64. The lowest BCUT2D eigenvalue weighted by Crippen LogP contribution is -2.45. The Morgan fingerprint density at radius 1 is 1.41 bits per heavy atom. The van der Waals surface area contributed by atoms with E-state index in [0.717, 1.165) is 26.2 Å². The molecule has 2 heterocycles. The van der Waals surface area contributed by atoms with Crippen molar-refractivity contribution in [2.45, 2.75) is 25.8 Å². The van der Waals surface area contributed by atoms with Gasteiger partial charge in [0.1, 0.15) is 5.15 Å². The number of rotatable bonds is 4. The average Bonchev–Trinajstić information content (AvgIpc) is 2.38. The molecule has 0 bridgehead atoms. The van der Waals surface area contributed by atoms with Crippen molar-refractivity contribution >= 4 is 11.6 Å². The Bertz CT molecular complexity index is 333. The summed E-state index contributed by atoms with van der Waals surface area (Å²) in [4.78, 5) is 6.75. The van der Waals surface area contributed by atoms with Crippen LogP contribution in [0.1, 0.15) is 31.4 Å². The molecule has 1 aliphatic heterocycles. The Balaban J connectivity index is 2.12. The first-order chi connectivity index (χ1) is 8.31. The zero-order valence-corrected chi connectivity index (χ0v) is 11.1. The van der Waals surface area contributed by atoms with Crippen LogP contribution in [0.15, 0.2) is 18.3 Å². The Kier molecular flexibility index (Phi) is 4.77. The first kappa shape index (κ1) is 12.8. The van der Waals surface area contributed by atoms with Gasteiger partial charge in [0.25, 0.3) is 0 Å². The number of pyridine rings is 1. The molecule has 17 heavy (non-hydrogen) atoms. The van der Waals surface area contributed by atoms with Gasteiger partial charge in [0, 0.05) is 38.4 Å². The number of nitrogens with one attached hydrogen (secondary N) is 1. The normalized spacial score (nSPS) is 19.2. The molecule has 4 heteroatoms. The van der Waals surface area contributed by atoms with E-state index in [1.54, 1.807) is 0 Å². The third-order valence-electron chi connectivity index (χ3n) is 3.29. The zero-order chi connectivity index (χ0) is 12.1. The maximum absolute atomic E-state index is 5.84. The van der Waals surface area contributed by atoms with Crippen molar-refractivity contribution in [2.75, 3.05) is 26.2 Å². The van der Waals surface area contributed by atoms with Crippen molar-refractivity contribution < 1.29 is 0 Å². The largest absolute Gasteiger partial charge is 0.314 e.